The molecule has 0 bridgehead atoms. The van der Waals surface area contributed by atoms with E-state index >= 15 is 0 Å². The zero-order chi connectivity index (χ0) is 21.8. The molecule has 0 radical (unpaired) electrons. The Morgan fingerprint density at radius 3 is 2.28 bits per heavy atom. The molecule has 0 aliphatic carbocycles. The van der Waals surface area contributed by atoms with Crippen molar-refractivity contribution in [3.05, 3.63) is 59.4 Å². The number of carbonyl (C=O) groups is 1. The number of hydrogen-bond donors (Lipinski definition) is 2. The summed E-state index contributed by atoms with van der Waals surface area (Å²) in [5, 5.41) is 2.60. The standard InChI is InChI=1S/C18H18F4N2O4S/c1-11(13-5-8-16(15(19)9-13)24-29(2,26)27)17(25)23-10-12-3-6-14(7-4-12)28-18(20,21)22/h3-9,11,24H,10H2,1-2H3,(H,23,25). The molecule has 2 aromatic carbocycles. The van der Waals surface area contributed by atoms with Crippen molar-refractivity contribution in [1.82, 2.24) is 5.32 Å². The van der Waals surface area contributed by atoms with Crippen LogP contribution in [0.25, 0.3) is 0 Å². The van der Waals surface area contributed by atoms with Crippen LogP contribution in [-0.4, -0.2) is 26.9 Å². The van der Waals surface area contributed by atoms with E-state index in [0.717, 1.165) is 24.5 Å². The fourth-order valence-electron chi connectivity index (χ4n) is 2.39. The molecule has 29 heavy (non-hydrogen) atoms. The fourth-order valence-corrected chi connectivity index (χ4v) is 2.95. The van der Waals surface area contributed by atoms with Gasteiger partial charge in [-0.3, -0.25) is 9.52 Å². The Labute approximate surface area is 164 Å². The van der Waals surface area contributed by atoms with Crippen molar-refractivity contribution in [2.75, 3.05) is 11.0 Å². The molecular weight excluding hydrogens is 416 g/mol. The molecule has 0 saturated carbocycles. The molecule has 1 atom stereocenters. The van der Waals surface area contributed by atoms with Crippen LogP contribution in [0.2, 0.25) is 0 Å². The summed E-state index contributed by atoms with van der Waals surface area (Å²) in [5.74, 6) is -2.39. The maximum Gasteiger partial charge on any atom is 0.573 e. The van der Waals surface area contributed by atoms with Crippen LogP contribution < -0.4 is 14.8 Å². The highest BCUT2D eigenvalue weighted by atomic mass is 32.2. The third-order valence-electron chi connectivity index (χ3n) is 3.81. The van der Waals surface area contributed by atoms with Gasteiger partial charge >= 0.3 is 6.36 Å². The van der Waals surface area contributed by atoms with Crippen LogP contribution in [-0.2, 0) is 21.4 Å². The number of benzene rings is 2. The first-order chi connectivity index (χ1) is 13.3. The molecule has 2 rings (SSSR count). The van der Waals surface area contributed by atoms with Crippen molar-refractivity contribution in [2.45, 2.75) is 25.7 Å². The van der Waals surface area contributed by atoms with Gasteiger partial charge in [-0.2, -0.15) is 0 Å². The van der Waals surface area contributed by atoms with Gasteiger partial charge in [0.05, 0.1) is 17.9 Å². The number of hydrogen-bond acceptors (Lipinski definition) is 4. The van der Waals surface area contributed by atoms with Crippen LogP contribution in [0.1, 0.15) is 24.0 Å². The second-order valence-corrected chi connectivity index (χ2v) is 7.99. The van der Waals surface area contributed by atoms with Crippen molar-refractivity contribution in [1.29, 1.82) is 0 Å². The van der Waals surface area contributed by atoms with Gasteiger partial charge < -0.3 is 10.1 Å². The quantitative estimate of drug-likeness (QED) is 0.654. The number of rotatable bonds is 7. The molecule has 2 aromatic rings. The molecule has 0 heterocycles. The van der Waals surface area contributed by atoms with Gasteiger partial charge in [0.1, 0.15) is 11.6 Å². The molecule has 0 spiro atoms. The molecule has 158 valence electrons. The first-order valence-corrected chi connectivity index (χ1v) is 10.1. The van der Waals surface area contributed by atoms with Gasteiger partial charge in [-0.25, -0.2) is 12.8 Å². The van der Waals surface area contributed by atoms with Crippen LogP contribution in [0.15, 0.2) is 42.5 Å². The second-order valence-electron chi connectivity index (χ2n) is 6.24. The molecule has 0 aromatic heterocycles. The molecule has 0 saturated heterocycles. The van der Waals surface area contributed by atoms with Crippen molar-refractivity contribution in [2.24, 2.45) is 0 Å². The molecule has 1 unspecified atom stereocenters. The summed E-state index contributed by atoms with van der Waals surface area (Å²) in [7, 11) is -3.64. The highest BCUT2D eigenvalue weighted by Crippen LogP contribution is 2.24. The predicted octanol–water partition coefficient (Wildman–Crippen LogP) is 3.52. The van der Waals surface area contributed by atoms with Crippen molar-refractivity contribution in [3.8, 4) is 5.75 Å². The number of nitrogens with one attached hydrogen (secondary N) is 2. The normalized spacial score (nSPS) is 12.9. The van der Waals surface area contributed by atoms with Crippen molar-refractivity contribution in [3.63, 3.8) is 0 Å². The Hall–Kier alpha value is -2.82. The maximum absolute atomic E-state index is 14.1. The summed E-state index contributed by atoms with van der Waals surface area (Å²) in [6, 6.07) is 8.69. The lowest BCUT2D eigenvalue weighted by atomic mass is 9.99. The predicted molar refractivity (Wildman–Crippen MR) is 98.3 cm³/mol. The molecule has 2 N–H and O–H groups in total. The van der Waals surface area contributed by atoms with Gasteiger partial charge in [-0.15, -0.1) is 13.2 Å². The Morgan fingerprint density at radius 1 is 1.14 bits per heavy atom. The van der Waals surface area contributed by atoms with E-state index in [-0.39, 0.29) is 18.0 Å². The van der Waals surface area contributed by atoms with Crippen LogP contribution >= 0.6 is 0 Å². The number of ether oxygens (including phenoxy) is 1. The molecule has 0 aliphatic rings. The molecule has 11 heteroatoms. The van der Waals surface area contributed by atoms with E-state index in [2.05, 4.69) is 10.1 Å². The number of amides is 1. The highest BCUT2D eigenvalue weighted by molar-refractivity contribution is 7.92. The van der Waals surface area contributed by atoms with E-state index < -0.39 is 34.0 Å². The summed E-state index contributed by atoms with van der Waals surface area (Å²) in [5.41, 5.74) is 0.636. The molecule has 0 aliphatic heterocycles. The van der Waals surface area contributed by atoms with Crippen LogP contribution in [0.5, 0.6) is 5.75 Å². The van der Waals surface area contributed by atoms with E-state index in [0.29, 0.717) is 11.1 Å². The zero-order valence-electron chi connectivity index (χ0n) is 15.4. The van der Waals surface area contributed by atoms with Gasteiger partial charge in [0.25, 0.3) is 0 Å². The van der Waals surface area contributed by atoms with Gasteiger partial charge in [-0.1, -0.05) is 18.2 Å². The SMILES string of the molecule is CC(C(=O)NCc1ccc(OC(F)(F)F)cc1)c1ccc(NS(C)(=O)=O)c(F)c1. The van der Waals surface area contributed by atoms with Gasteiger partial charge in [0.2, 0.25) is 15.9 Å². The summed E-state index contributed by atoms with van der Waals surface area (Å²) in [4.78, 5) is 12.3. The average molecular weight is 434 g/mol. The maximum atomic E-state index is 14.1. The van der Waals surface area contributed by atoms with Crippen molar-refractivity contribution < 1.29 is 35.5 Å². The zero-order valence-corrected chi connectivity index (χ0v) is 16.2. The molecule has 0 fully saturated rings. The van der Waals surface area contributed by atoms with Crippen LogP contribution in [0, 0.1) is 5.82 Å². The topological polar surface area (TPSA) is 84.5 Å². The number of carbonyl (C=O) groups excluding carboxylic acids is 1. The first-order valence-electron chi connectivity index (χ1n) is 8.24. The fraction of sp³-hybridized carbons (Fsp3) is 0.278. The second kappa shape index (κ2) is 8.68. The van der Waals surface area contributed by atoms with Gasteiger partial charge in [0, 0.05) is 6.54 Å². The minimum Gasteiger partial charge on any atom is -0.406 e. The largest absolute Gasteiger partial charge is 0.573 e. The molecule has 6 nitrogen and oxygen atoms in total. The van der Waals surface area contributed by atoms with E-state index in [9.17, 15) is 30.8 Å². The minimum absolute atomic E-state index is 0.0473. The summed E-state index contributed by atoms with van der Waals surface area (Å²) in [6.45, 7) is 1.58. The highest BCUT2D eigenvalue weighted by Gasteiger charge is 2.30. The monoisotopic (exact) mass is 434 g/mol. The van der Waals surface area contributed by atoms with Gasteiger partial charge in [0.15, 0.2) is 0 Å². The van der Waals surface area contributed by atoms with Crippen molar-refractivity contribution >= 4 is 21.6 Å². The van der Waals surface area contributed by atoms with E-state index in [1.165, 1.54) is 31.2 Å². The lowest BCUT2D eigenvalue weighted by Crippen LogP contribution is -2.27. The lowest BCUT2D eigenvalue weighted by Gasteiger charge is -2.14. The number of alkyl halides is 3. The van der Waals surface area contributed by atoms with Crippen LogP contribution in [0.4, 0.5) is 23.2 Å². The summed E-state index contributed by atoms with van der Waals surface area (Å²) < 4.78 is 78.6. The number of halogens is 4. The Morgan fingerprint density at radius 2 is 1.76 bits per heavy atom. The third-order valence-corrected chi connectivity index (χ3v) is 4.40. The number of sulfonamides is 1. The van der Waals surface area contributed by atoms with E-state index in [1.807, 2.05) is 4.72 Å². The number of anilines is 1. The Bertz CT molecular complexity index is 976. The third kappa shape index (κ3) is 7.26. The Kier molecular flexibility index (Phi) is 6.73. The summed E-state index contributed by atoms with van der Waals surface area (Å²) in [6.07, 6.45) is -3.90. The Balaban J connectivity index is 1.98. The molecular formula is C18H18F4N2O4S. The van der Waals surface area contributed by atoms with E-state index in [1.54, 1.807) is 0 Å². The average Bonchev–Trinajstić information content (AvgIpc) is 2.59. The summed E-state index contributed by atoms with van der Waals surface area (Å²) >= 11 is 0. The molecule has 1 amide bonds. The van der Waals surface area contributed by atoms with Gasteiger partial charge in [-0.05, 0) is 42.3 Å². The minimum atomic E-state index is -4.78. The first kappa shape index (κ1) is 22.5. The van der Waals surface area contributed by atoms with Crippen LogP contribution in [0.3, 0.4) is 0 Å². The smallest absolute Gasteiger partial charge is 0.406 e. The lowest BCUT2D eigenvalue weighted by molar-refractivity contribution is -0.274. The van der Waals surface area contributed by atoms with E-state index in [4.69, 9.17) is 0 Å².